The number of ether oxygens (including phenoxy) is 1. The molecule has 2 aromatic heterocycles. The van der Waals surface area contributed by atoms with E-state index in [2.05, 4.69) is 19.5 Å². The minimum absolute atomic E-state index is 0.0695. The molecule has 0 aliphatic carbocycles. The summed E-state index contributed by atoms with van der Waals surface area (Å²) < 4.78 is 22.1. The molecule has 0 aromatic carbocycles. The third-order valence-electron chi connectivity index (χ3n) is 3.49. The summed E-state index contributed by atoms with van der Waals surface area (Å²) in [7, 11) is -4.93. The average molecular weight is 363 g/mol. The average Bonchev–Trinajstić information content (AvgIpc) is 3.00. The summed E-state index contributed by atoms with van der Waals surface area (Å²) >= 11 is 0. The number of phosphoric acid groups is 1. The maximum atomic E-state index is 11.7. The van der Waals surface area contributed by atoms with E-state index in [9.17, 15) is 19.6 Å². The first-order chi connectivity index (χ1) is 11.2. The third kappa shape index (κ3) is 2.93. The van der Waals surface area contributed by atoms with Crippen molar-refractivity contribution in [3.8, 4) is 0 Å². The number of H-pyrrole nitrogens is 1. The van der Waals surface area contributed by atoms with Gasteiger partial charge in [-0.05, 0) is 0 Å². The lowest BCUT2D eigenvalue weighted by atomic mass is 10.1. The van der Waals surface area contributed by atoms with E-state index < -0.39 is 44.5 Å². The molecule has 3 heterocycles. The number of hydrogen-bond acceptors (Lipinski definition) is 9. The van der Waals surface area contributed by atoms with Crippen LogP contribution in [0.25, 0.3) is 11.2 Å². The molecular weight excluding hydrogens is 349 g/mol. The fourth-order valence-corrected chi connectivity index (χ4v) is 3.11. The third-order valence-corrected chi connectivity index (χ3v) is 4.01. The van der Waals surface area contributed by atoms with Gasteiger partial charge in [-0.15, -0.1) is 0 Å². The fraction of sp³-hybridized carbons (Fsp3) is 0.500. The van der Waals surface area contributed by atoms with Gasteiger partial charge in [0.05, 0.1) is 12.9 Å². The first-order valence-electron chi connectivity index (χ1n) is 6.62. The number of aliphatic hydroxyl groups excluding tert-OH is 2. The molecule has 14 heteroatoms. The molecule has 0 spiro atoms. The molecule has 0 amide bonds. The van der Waals surface area contributed by atoms with Crippen LogP contribution in [-0.4, -0.2) is 64.4 Å². The number of aliphatic hydroxyl groups is 2. The zero-order valence-corrected chi connectivity index (χ0v) is 12.8. The molecule has 0 bridgehead atoms. The molecule has 24 heavy (non-hydrogen) atoms. The summed E-state index contributed by atoms with van der Waals surface area (Å²) in [5.41, 5.74) is 4.79. The molecule has 1 fully saturated rings. The van der Waals surface area contributed by atoms with Crippen LogP contribution in [0.5, 0.6) is 0 Å². The molecule has 0 radical (unpaired) electrons. The van der Waals surface area contributed by atoms with Gasteiger partial charge in [0.2, 0.25) is 5.95 Å². The summed E-state index contributed by atoms with van der Waals surface area (Å²) in [6.45, 7) is -0.662. The van der Waals surface area contributed by atoms with Crippen molar-refractivity contribution >= 4 is 24.9 Å². The molecule has 132 valence electrons. The van der Waals surface area contributed by atoms with Crippen LogP contribution in [0.1, 0.15) is 6.23 Å². The van der Waals surface area contributed by atoms with E-state index >= 15 is 0 Å². The Morgan fingerprint density at radius 1 is 1.50 bits per heavy atom. The smallest absolute Gasteiger partial charge is 0.394 e. The predicted molar refractivity (Wildman–Crippen MR) is 76.5 cm³/mol. The standard InChI is InChI=1S/C10H14N5O8P/c11-10-13-7-4(8(18)14-10)12-2-15(7)9-5(17)6(3(1-16)22-9)23-24(19,20)21/h2-3,5-6,9,16-17H,1H2,(H2,19,20,21)(H3,11,13,14,18)/t3-,5-,6+,9-/m1/s1. The Bertz CT molecular complexity index is 861. The number of aromatic nitrogens is 4. The van der Waals surface area contributed by atoms with E-state index in [0.29, 0.717) is 0 Å². The Morgan fingerprint density at radius 2 is 2.21 bits per heavy atom. The Balaban J connectivity index is 2.01. The maximum absolute atomic E-state index is 11.7. The van der Waals surface area contributed by atoms with Crippen LogP contribution in [0.15, 0.2) is 11.1 Å². The summed E-state index contributed by atoms with van der Waals surface area (Å²) in [5.74, 6) is -0.191. The number of imidazole rings is 1. The highest BCUT2D eigenvalue weighted by Crippen LogP contribution is 2.43. The number of nitrogen functional groups attached to an aromatic ring is 1. The highest BCUT2D eigenvalue weighted by atomic mass is 31.2. The van der Waals surface area contributed by atoms with Crippen molar-refractivity contribution in [2.24, 2.45) is 0 Å². The van der Waals surface area contributed by atoms with Crippen molar-refractivity contribution in [1.82, 2.24) is 19.5 Å². The molecule has 0 saturated carbocycles. The van der Waals surface area contributed by atoms with Gasteiger partial charge in [0.25, 0.3) is 0 Å². The lowest BCUT2D eigenvalue weighted by molar-refractivity contribution is -0.0509. The van der Waals surface area contributed by atoms with E-state index in [1.54, 1.807) is 0 Å². The van der Waals surface area contributed by atoms with Crippen molar-refractivity contribution in [3.63, 3.8) is 0 Å². The SMILES string of the molecule is Nc1nc(=O)c2ncn([C@@H]3O[C@H](CO)[C@H](OP(=O)(O)O)[C@H]3O)c2[nH]1. The second kappa shape index (κ2) is 5.89. The molecule has 0 unspecified atom stereocenters. The Morgan fingerprint density at radius 3 is 2.83 bits per heavy atom. The number of fused-ring (bicyclic) bond motifs is 1. The molecule has 4 atom stereocenters. The number of aromatic amines is 1. The fourth-order valence-electron chi connectivity index (χ4n) is 2.53. The van der Waals surface area contributed by atoms with Gasteiger partial charge in [-0.2, -0.15) is 4.98 Å². The molecule has 1 aliphatic rings. The molecule has 1 saturated heterocycles. The normalized spacial score (nSPS) is 27.8. The number of phosphoric ester groups is 1. The summed E-state index contributed by atoms with van der Waals surface area (Å²) in [4.78, 5) is 39.5. The quantitative estimate of drug-likeness (QED) is 0.311. The van der Waals surface area contributed by atoms with Crippen molar-refractivity contribution in [3.05, 3.63) is 16.7 Å². The molecule has 2 aromatic rings. The summed E-state index contributed by atoms with van der Waals surface area (Å²) in [6, 6.07) is 0. The first-order valence-corrected chi connectivity index (χ1v) is 8.15. The number of hydrogen-bond donors (Lipinski definition) is 6. The molecule has 7 N–H and O–H groups in total. The zero-order valence-electron chi connectivity index (χ0n) is 11.9. The van der Waals surface area contributed by atoms with E-state index in [1.807, 2.05) is 0 Å². The van der Waals surface area contributed by atoms with Crippen LogP contribution in [0, 0.1) is 0 Å². The minimum Gasteiger partial charge on any atom is -0.394 e. The molecule has 3 rings (SSSR count). The maximum Gasteiger partial charge on any atom is 0.470 e. The van der Waals surface area contributed by atoms with E-state index in [0.717, 1.165) is 6.33 Å². The highest BCUT2D eigenvalue weighted by molar-refractivity contribution is 7.46. The van der Waals surface area contributed by atoms with Crippen molar-refractivity contribution in [2.75, 3.05) is 12.3 Å². The zero-order chi connectivity index (χ0) is 17.6. The second-order valence-electron chi connectivity index (χ2n) is 5.08. The second-order valence-corrected chi connectivity index (χ2v) is 6.27. The van der Waals surface area contributed by atoms with Gasteiger partial charge in [-0.1, -0.05) is 0 Å². The van der Waals surface area contributed by atoms with Crippen molar-refractivity contribution in [1.29, 1.82) is 0 Å². The van der Waals surface area contributed by atoms with Crippen LogP contribution in [0.4, 0.5) is 5.95 Å². The van der Waals surface area contributed by atoms with Crippen LogP contribution < -0.4 is 11.3 Å². The topological polar surface area (TPSA) is 206 Å². The highest BCUT2D eigenvalue weighted by Gasteiger charge is 2.48. The Kier molecular flexibility index (Phi) is 4.17. The summed E-state index contributed by atoms with van der Waals surface area (Å²) in [6.07, 6.45) is -4.34. The van der Waals surface area contributed by atoms with E-state index in [-0.39, 0.29) is 17.1 Å². The number of nitrogens with two attached hydrogens (primary N) is 1. The predicted octanol–water partition coefficient (Wildman–Crippen LogP) is -2.57. The van der Waals surface area contributed by atoms with E-state index in [1.165, 1.54) is 4.57 Å². The van der Waals surface area contributed by atoms with Gasteiger partial charge in [0.15, 0.2) is 11.7 Å². The Labute approximate surface area is 132 Å². The van der Waals surface area contributed by atoms with Crippen molar-refractivity contribution < 1.29 is 33.8 Å². The largest absolute Gasteiger partial charge is 0.470 e. The molecule has 1 aliphatic heterocycles. The lowest BCUT2D eigenvalue weighted by Crippen LogP contribution is -2.35. The van der Waals surface area contributed by atoms with Crippen LogP contribution >= 0.6 is 7.82 Å². The molecular formula is C10H14N5O8P. The van der Waals surface area contributed by atoms with Gasteiger partial charge in [0.1, 0.15) is 24.0 Å². The summed E-state index contributed by atoms with van der Waals surface area (Å²) in [5, 5.41) is 19.6. The number of anilines is 1. The number of nitrogens with zero attached hydrogens (tertiary/aromatic N) is 3. The number of nitrogens with one attached hydrogen (secondary N) is 1. The van der Waals surface area contributed by atoms with Gasteiger partial charge in [-0.3, -0.25) is 13.9 Å². The van der Waals surface area contributed by atoms with Gasteiger partial charge < -0.3 is 35.5 Å². The van der Waals surface area contributed by atoms with Crippen LogP contribution in [0.3, 0.4) is 0 Å². The monoisotopic (exact) mass is 363 g/mol. The number of rotatable bonds is 4. The minimum atomic E-state index is -4.93. The van der Waals surface area contributed by atoms with Crippen LogP contribution in [0.2, 0.25) is 0 Å². The van der Waals surface area contributed by atoms with Crippen LogP contribution in [-0.2, 0) is 13.8 Å². The van der Waals surface area contributed by atoms with Gasteiger partial charge >= 0.3 is 13.4 Å². The van der Waals surface area contributed by atoms with E-state index in [4.69, 9.17) is 20.3 Å². The van der Waals surface area contributed by atoms with Gasteiger partial charge in [0, 0.05) is 0 Å². The first kappa shape index (κ1) is 17.0. The Hall–Kier alpha value is -1.86. The molecule has 13 nitrogen and oxygen atoms in total. The lowest BCUT2D eigenvalue weighted by Gasteiger charge is -2.20. The van der Waals surface area contributed by atoms with Gasteiger partial charge in [-0.25, -0.2) is 9.55 Å². The van der Waals surface area contributed by atoms with Crippen molar-refractivity contribution in [2.45, 2.75) is 24.5 Å².